The number of aryl methyl sites for hydroxylation is 1. The predicted octanol–water partition coefficient (Wildman–Crippen LogP) is 2.79. The van der Waals surface area contributed by atoms with Gasteiger partial charge in [0.1, 0.15) is 5.82 Å². The van der Waals surface area contributed by atoms with Crippen molar-refractivity contribution < 1.29 is 14.0 Å². The molecule has 5 nitrogen and oxygen atoms in total. The zero-order valence-corrected chi connectivity index (χ0v) is 14.4. The van der Waals surface area contributed by atoms with Crippen molar-refractivity contribution in [2.45, 2.75) is 19.8 Å². The molecule has 3 amide bonds. The summed E-state index contributed by atoms with van der Waals surface area (Å²) in [6.45, 7) is 2.30. The van der Waals surface area contributed by atoms with Crippen LogP contribution in [0.2, 0.25) is 0 Å². The molecule has 2 rings (SSSR count). The minimum Gasteiger partial charge on any atom is -0.359 e. The Labute approximate surface area is 146 Å². The molecule has 3 N–H and O–H groups in total. The smallest absolute Gasteiger partial charge is 0.319 e. The Kier molecular flexibility index (Phi) is 6.51. The summed E-state index contributed by atoms with van der Waals surface area (Å²) < 4.78 is 13.1. The lowest BCUT2D eigenvalue weighted by Gasteiger charge is -2.10. The summed E-state index contributed by atoms with van der Waals surface area (Å²) >= 11 is 0. The Hall–Kier alpha value is -2.89. The van der Waals surface area contributed by atoms with E-state index in [1.54, 1.807) is 37.4 Å². The third-order valence-corrected chi connectivity index (χ3v) is 3.84. The molecule has 0 aliphatic carbocycles. The fourth-order valence-corrected chi connectivity index (χ4v) is 2.41. The first-order valence-corrected chi connectivity index (χ1v) is 8.07. The Bertz CT molecular complexity index is 745. The van der Waals surface area contributed by atoms with Crippen LogP contribution in [-0.2, 0) is 17.6 Å². The molecule has 0 fully saturated rings. The molecule has 0 heterocycles. The molecule has 0 saturated heterocycles. The summed E-state index contributed by atoms with van der Waals surface area (Å²) in [4.78, 5) is 23.2. The summed E-state index contributed by atoms with van der Waals surface area (Å²) in [6, 6.07) is 11.4. The van der Waals surface area contributed by atoms with Crippen molar-refractivity contribution in [3.8, 4) is 0 Å². The third-order valence-electron chi connectivity index (χ3n) is 3.84. The highest BCUT2D eigenvalue weighted by molar-refractivity contribution is 5.89. The molecular weight excluding hydrogens is 321 g/mol. The maximum atomic E-state index is 13.1. The van der Waals surface area contributed by atoms with Crippen molar-refractivity contribution in [2.75, 3.05) is 18.9 Å². The molecule has 132 valence electrons. The molecule has 0 aliphatic heterocycles. The number of anilines is 1. The number of nitrogens with one attached hydrogen (secondary N) is 3. The number of hydrogen-bond acceptors (Lipinski definition) is 2. The minimum absolute atomic E-state index is 0.0606. The van der Waals surface area contributed by atoms with Crippen LogP contribution >= 0.6 is 0 Å². The van der Waals surface area contributed by atoms with Crippen molar-refractivity contribution >= 4 is 17.6 Å². The van der Waals surface area contributed by atoms with E-state index in [2.05, 4.69) is 16.0 Å². The summed E-state index contributed by atoms with van der Waals surface area (Å²) in [7, 11) is 1.59. The first-order valence-electron chi connectivity index (χ1n) is 8.07. The van der Waals surface area contributed by atoms with Gasteiger partial charge in [0.2, 0.25) is 5.91 Å². The number of rotatable bonds is 6. The summed E-state index contributed by atoms with van der Waals surface area (Å²) in [5.74, 6) is -0.318. The van der Waals surface area contributed by atoms with Crippen LogP contribution in [-0.4, -0.2) is 25.5 Å². The van der Waals surface area contributed by atoms with E-state index >= 15 is 0 Å². The first kappa shape index (κ1) is 18.4. The van der Waals surface area contributed by atoms with Crippen LogP contribution in [0, 0.1) is 12.7 Å². The molecule has 2 aromatic rings. The van der Waals surface area contributed by atoms with Gasteiger partial charge in [-0.05, 0) is 54.3 Å². The average Bonchev–Trinajstić information content (AvgIpc) is 2.58. The molecule has 6 heteroatoms. The first-order chi connectivity index (χ1) is 12.0. The number of halogens is 1. The number of likely N-dealkylation sites (N-methyl/N-ethyl adjacent to an activating group) is 1. The van der Waals surface area contributed by atoms with Crippen molar-refractivity contribution in [2.24, 2.45) is 0 Å². The largest absolute Gasteiger partial charge is 0.359 e. The van der Waals surface area contributed by atoms with Crippen molar-refractivity contribution in [3.63, 3.8) is 0 Å². The topological polar surface area (TPSA) is 70.2 Å². The molecule has 0 radical (unpaired) electrons. The second-order valence-electron chi connectivity index (χ2n) is 5.75. The minimum atomic E-state index is -0.307. The third kappa shape index (κ3) is 5.91. The van der Waals surface area contributed by atoms with E-state index in [1.165, 1.54) is 12.1 Å². The average molecular weight is 343 g/mol. The van der Waals surface area contributed by atoms with Gasteiger partial charge in [0.15, 0.2) is 0 Å². The number of benzene rings is 2. The van der Waals surface area contributed by atoms with Crippen molar-refractivity contribution in [3.05, 3.63) is 65.0 Å². The van der Waals surface area contributed by atoms with Gasteiger partial charge in [0.05, 0.1) is 6.42 Å². The molecule has 0 spiro atoms. The highest BCUT2D eigenvalue weighted by Crippen LogP contribution is 2.11. The molecule has 0 aliphatic rings. The summed E-state index contributed by atoms with van der Waals surface area (Å²) in [6.07, 6.45) is 0.935. The summed E-state index contributed by atoms with van der Waals surface area (Å²) in [5.41, 5.74) is 3.39. The molecule has 0 bridgehead atoms. The molecule has 0 saturated carbocycles. The second-order valence-corrected chi connectivity index (χ2v) is 5.75. The Morgan fingerprint density at radius 1 is 1.08 bits per heavy atom. The quantitative estimate of drug-likeness (QED) is 0.755. The lowest BCUT2D eigenvalue weighted by atomic mass is 10.1. The Morgan fingerprint density at radius 3 is 2.44 bits per heavy atom. The van der Waals surface area contributed by atoms with Gasteiger partial charge in [-0.2, -0.15) is 0 Å². The van der Waals surface area contributed by atoms with Crippen LogP contribution in [0.15, 0.2) is 42.5 Å². The second kappa shape index (κ2) is 8.82. The molecular formula is C19H22FN3O2. The van der Waals surface area contributed by atoms with E-state index in [0.29, 0.717) is 25.1 Å². The monoisotopic (exact) mass is 343 g/mol. The van der Waals surface area contributed by atoms with Crippen LogP contribution in [0.3, 0.4) is 0 Å². The van der Waals surface area contributed by atoms with Gasteiger partial charge in [-0.25, -0.2) is 9.18 Å². The van der Waals surface area contributed by atoms with Crippen molar-refractivity contribution in [1.29, 1.82) is 0 Å². The standard InChI is InChI=1S/C19H22FN3O2/c1-13-11-16(20)6-5-15(13)9-10-22-19(25)23-17-7-3-14(4-8-17)12-18(24)21-2/h3-8,11H,9-10,12H2,1-2H3,(H,21,24)(H2,22,23,25). The fraction of sp³-hybridized carbons (Fsp3) is 0.263. The SMILES string of the molecule is CNC(=O)Cc1ccc(NC(=O)NCCc2ccc(F)cc2C)cc1. The van der Waals surface area contributed by atoms with Gasteiger partial charge in [0, 0.05) is 19.3 Å². The van der Waals surface area contributed by atoms with E-state index in [1.807, 2.05) is 6.92 Å². The highest BCUT2D eigenvalue weighted by atomic mass is 19.1. The zero-order valence-electron chi connectivity index (χ0n) is 14.4. The van der Waals surface area contributed by atoms with Gasteiger partial charge >= 0.3 is 6.03 Å². The number of carbonyl (C=O) groups is 2. The van der Waals surface area contributed by atoms with Crippen LogP contribution in [0.1, 0.15) is 16.7 Å². The highest BCUT2D eigenvalue weighted by Gasteiger charge is 2.05. The molecule has 0 atom stereocenters. The fourth-order valence-electron chi connectivity index (χ4n) is 2.41. The van der Waals surface area contributed by atoms with E-state index < -0.39 is 0 Å². The molecule has 0 aromatic heterocycles. The van der Waals surface area contributed by atoms with Crippen molar-refractivity contribution in [1.82, 2.24) is 10.6 Å². The van der Waals surface area contributed by atoms with E-state index in [0.717, 1.165) is 16.7 Å². The van der Waals surface area contributed by atoms with E-state index in [9.17, 15) is 14.0 Å². The van der Waals surface area contributed by atoms with E-state index in [4.69, 9.17) is 0 Å². The zero-order chi connectivity index (χ0) is 18.2. The maximum Gasteiger partial charge on any atom is 0.319 e. The molecule has 2 aromatic carbocycles. The van der Waals surface area contributed by atoms with Crippen LogP contribution in [0.25, 0.3) is 0 Å². The van der Waals surface area contributed by atoms with Crippen LogP contribution in [0.5, 0.6) is 0 Å². The number of amides is 3. The van der Waals surface area contributed by atoms with E-state index in [-0.39, 0.29) is 17.8 Å². The molecule has 0 unspecified atom stereocenters. The van der Waals surface area contributed by atoms with Gasteiger partial charge in [-0.3, -0.25) is 4.79 Å². The number of carbonyl (C=O) groups excluding carboxylic acids is 2. The lowest BCUT2D eigenvalue weighted by Crippen LogP contribution is -2.30. The van der Waals surface area contributed by atoms with Gasteiger partial charge in [-0.15, -0.1) is 0 Å². The Morgan fingerprint density at radius 2 is 1.80 bits per heavy atom. The number of hydrogen-bond donors (Lipinski definition) is 3. The number of urea groups is 1. The van der Waals surface area contributed by atoms with Crippen LogP contribution in [0.4, 0.5) is 14.9 Å². The maximum absolute atomic E-state index is 13.1. The normalized spacial score (nSPS) is 10.2. The van der Waals surface area contributed by atoms with Gasteiger partial charge in [0.25, 0.3) is 0 Å². The Balaban J connectivity index is 1.79. The van der Waals surface area contributed by atoms with Crippen LogP contribution < -0.4 is 16.0 Å². The lowest BCUT2D eigenvalue weighted by molar-refractivity contribution is -0.119. The molecule has 25 heavy (non-hydrogen) atoms. The van der Waals surface area contributed by atoms with Gasteiger partial charge in [-0.1, -0.05) is 18.2 Å². The van der Waals surface area contributed by atoms with Gasteiger partial charge < -0.3 is 16.0 Å². The predicted molar refractivity (Wildman–Crippen MR) is 96.1 cm³/mol. The summed E-state index contributed by atoms with van der Waals surface area (Å²) in [5, 5.41) is 8.07.